The van der Waals surface area contributed by atoms with Gasteiger partial charge in [0.05, 0.1) is 16.9 Å². The van der Waals surface area contributed by atoms with Gasteiger partial charge in [-0.3, -0.25) is 4.79 Å². The lowest BCUT2D eigenvalue weighted by molar-refractivity contribution is 0.100. The van der Waals surface area contributed by atoms with Gasteiger partial charge in [0.15, 0.2) is 0 Å². The highest BCUT2D eigenvalue weighted by Gasteiger charge is 2.06. The Labute approximate surface area is 87.1 Å². The average Bonchev–Trinajstić information content (AvgIpc) is 2.71. The number of H-pyrrole nitrogens is 1. The maximum absolute atomic E-state index is 11.1. The second-order valence-corrected chi connectivity index (χ2v) is 3.13. The number of nitrogens with two attached hydrogens (primary N) is 1. The number of primary amides is 1. The van der Waals surface area contributed by atoms with E-state index < -0.39 is 5.91 Å². The Bertz CT molecular complexity index is 462. The van der Waals surface area contributed by atoms with Crippen LogP contribution in [0, 0.1) is 0 Å². The smallest absolute Gasteiger partial charge is 0.250 e. The van der Waals surface area contributed by atoms with Gasteiger partial charge in [-0.15, -0.1) is 0 Å². The van der Waals surface area contributed by atoms with Crippen LogP contribution < -0.4 is 11.1 Å². The summed E-state index contributed by atoms with van der Waals surface area (Å²) in [6.07, 6.45) is 3.60. The summed E-state index contributed by atoms with van der Waals surface area (Å²) in [5, 5.41) is 3.10. The molecule has 1 heterocycles. The molecule has 4 nitrogen and oxygen atoms in total. The van der Waals surface area contributed by atoms with E-state index in [1.165, 1.54) is 0 Å². The fraction of sp³-hybridized carbons (Fsp3) is 0. The van der Waals surface area contributed by atoms with Gasteiger partial charge >= 0.3 is 0 Å². The monoisotopic (exact) mass is 201 g/mol. The number of benzene rings is 1. The number of amides is 1. The topological polar surface area (TPSA) is 70.9 Å². The van der Waals surface area contributed by atoms with Gasteiger partial charge in [0, 0.05) is 12.4 Å². The van der Waals surface area contributed by atoms with Crippen molar-refractivity contribution in [1.82, 2.24) is 4.98 Å². The van der Waals surface area contributed by atoms with Crippen molar-refractivity contribution in [2.45, 2.75) is 0 Å². The number of aromatic amines is 1. The fourth-order valence-corrected chi connectivity index (χ4v) is 1.36. The summed E-state index contributed by atoms with van der Waals surface area (Å²) in [7, 11) is 0. The maximum atomic E-state index is 11.1. The molecule has 4 N–H and O–H groups in total. The van der Waals surface area contributed by atoms with Crippen molar-refractivity contribution in [3.63, 3.8) is 0 Å². The molecule has 0 radical (unpaired) electrons. The minimum atomic E-state index is -0.436. The van der Waals surface area contributed by atoms with Crippen LogP contribution in [0.3, 0.4) is 0 Å². The van der Waals surface area contributed by atoms with Gasteiger partial charge in [0.2, 0.25) is 0 Å². The Kier molecular flexibility index (Phi) is 2.41. The average molecular weight is 201 g/mol. The van der Waals surface area contributed by atoms with E-state index in [-0.39, 0.29) is 0 Å². The minimum absolute atomic E-state index is 0.436. The van der Waals surface area contributed by atoms with Gasteiger partial charge in [0.1, 0.15) is 0 Å². The lowest BCUT2D eigenvalue weighted by Gasteiger charge is -2.07. The van der Waals surface area contributed by atoms with Crippen molar-refractivity contribution >= 4 is 17.3 Å². The molecule has 0 saturated carbocycles. The third-order valence-corrected chi connectivity index (χ3v) is 2.07. The molecule has 2 aromatic rings. The van der Waals surface area contributed by atoms with Crippen molar-refractivity contribution in [1.29, 1.82) is 0 Å². The van der Waals surface area contributed by atoms with E-state index in [9.17, 15) is 4.79 Å². The maximum Gasteiger partial charge on any atom is 0.250 e. The van der Waals surface area contributed by atoms with Crippen LogP contribution in [0.5, 0.6) is 0 Å². The molecular weight excluding hydrogens is 190 g/mol. The van der Waals surface area contributed by atoms with Gasteiger partial charge in [-0.1, -0.05) is 12.1 Å². The fourth-order valence-electron chi connectivity index (χ4n) is 1.36. The van der Waals surface area contributed by atoms with Gasteiger partial charge in [-0.2, -0.15) is 0 Å². The quantitative estimate of drug-likeness (QED) is 0.709. The lowest BCUT2D eigenvalue weighted by atomic mass is 10.1. The summed E-state index contributed by atoms with van der Waals surface area (Å²) in [4.78, 5) is 14.0. The van der Waals surface area contributed by atoms with Gasteiger partial charge < -0.3 is 16.0 Å². The number of rotatable bonds is 3. The molecule has 15 heavy (non-hydrogen) atoms. The molecule has 4 heteroatoms. The highest BCUT2D eigenvalue weighted by Crippen LogP contribution is 2.19. The number of hydrogen-bond acceptors (Lipinski definition) is 2. The first-order valence-corrected chi connectivity index (χ1v) is 4.56. The van der Waals surface area contributed by atoms with Crippen molar-refractivity contribution in [3.8, 4) is 0 Å². The third kappa shape index (κ3) is 1.99. The predicted molar refractivity (Wildman–Crippen MR) is 59.0 cm³/mol. The summed E-state index contributed by atoms with van der Waals surface area (Å²) in [6, 6.07) is 9.01. The van der Waals surface area contributed by atoms with Crippen LogP contribution in [0.2, 0.25) is 0 Å². The number of aromatic nitrogens is 1. The summed E-state index contributed by atoms with van der Waals surface area (Å²) in [6.45, 7) is 0. The number of carbonyl (C=O) groups excluding carboxylic acids is 1. The largest absolute Gasteiger partial charge is 0.366 e. The molecule has 0 aliphatic rings. The first-order chi connectivity index (χ1) is 7.27. The van der Waals surface area contributed by atoms with Crippen LogP contribution in [-0.2, 0) is 0 Å². The number of nitrogens with one attached hydrogen (secondary N) is 2. The summed E-state index contributed by atoms with van der Waals surface area (Å²) in [5.41, 5.74) is 7.35. The van der Waals surface area contributed by atoms with Crippen LogP contribution in [-0.4, -0.2) is 10.9 Å². The van der Waals surface area contributed by atoms with Crippen molar-refractivity contribution in [2.75, 3.05) is 5.32 Å². The highest BCUT2D eigenvalue weighted by atomic mass is 16.1. The molecule has 0 fully saturated rings. The molecule has 1 amide bonds. The van der Waals surface area contributed by atoms with Crippen molar-refractivity contribution < 1.29 is 4.79 Å². The number of carbonyl (C=O) groups is 1. The van der Waals surface area contributed by atoms with Crippen LogP contribution in [0.4, 0.5) is 11.4 Å². The Morgan fingerprint density at radius 2 is 2.07 bits per heavy atom. The zero-order valence-electron chi connectivity index (χ0n) is 8.03. The number of anilines is 2. The second kappa shape index (κ2) is 3.88. The Morgan fingerprint density at radius 3 is 2.73 bits per heavy atom. The van der Waals surface area contributed by atoms with Gasteiger partial charge in [-0.25, -0.2) is 0 Å². The zero-order chi connectivity index (χ0) is 10.7. The molecule has 1 aromatic carbocycles. The zero-order valence-corrected chi connectivity index (χ0v) is 8.03. The van der Waals surface area contributed by atoms with Crippen LogP contribution in [0.1, 0.15) is 10.4 Å². The molecule has 0 atom stereocenters. The van der Waals surface area contributed by atoms with Crippen LogP contribution >= 0.6 is 0 Å². The minimum Gasteiger partial charge on any atom is -0.366 e. The summed E-state index contributed by atoms with van der Waals surface area (Å²) in [5.74, 6) is -0.436. The van der Waals surface area contributed by atoms with Crippen LogP contribution in [0.15, 0.2) is 42.7 Å². The Morgan fingerprint density at radius 1 is 1.27 bits per heavy atom. The van der Waals surface area contributed by atoms with E-state index in [1.807, 2.05) is 18.2 Å². The predicted octanol–water partition coefficient (Wildman–Crippen LogP) is 1.86. The van der Waals surface area contributed by atoms with E-state index in [0.717, 1.165) is 5.69 Å². The standard InChI is InChI=1S/C11H11N3O/c12-11(15)9-3-1-2-4-10(9)14-8-5-6-13-7-8/h1-7,13-14H,(H2,12,15). The first kappa shape index (κ1) is 9.33. The molecule has 76 valence electrons. The van der Waals surface area contributed by atoms with E-state index in [4.69, 9.17) is 5.73 Å². The highest BCUT2D eigenvalue weighted by molar-refractivity contribution is 5.99. The molecule has 0 aliphatic carbocycles. The van der Waals surface area contributed by atoms with E-state index in [0.29, 0.717) is 11.3 Å². The second-order valence-electron chi connectivity index (χ2n) is 3.13. The molecule has 1 aromatic heterocycles. The van der Waals surface area contributed by atoms with Gasteiger partial charge in [0.25, 0.3) is 5.91 Å². The summed E-state index contributed by atoms with van der Waals surface area (Å²) >= 11 is 0. The lowest BCUT2D eigenvalue weighted by Crippen LogP contribution is -2.12. The Balaban J connectivity index is 2.32. The molecule has 0 saturated heterocycles. The summed E-state index contributed by atoms with van der Waals surface area (Å²) < 4.78 is 0. The van der Waals surface area contributed by atoms with E-state index in [2.05, 4.69) is 10.3 Å². The van der Waals surface area contributed by atoms with Crippen molar-refractivity contribution in [2.24, 2.45) is 5.73 Å². The van der Waals surface area contributed by atoms with Gasteiger partial charge in [-0.05, 0) is 18.2 Å². The Hall–Kier alpha value is -2.23. The van der Waals surface area contributed by atoms with E-state index in [1.54, 1.807) is 24.5 Å². The molecule has 0 aliphatic heterocycles. The van der Waals surface area contributed by atoms with Crippen LogP contribution in [0.25, 0.3) is 0 Å². The first-order valence-electron chi connectivity index (χ1n) is 4.56. The molecule has 2 rings (SSSR count). The molecule has 0 spiro atoms. The third-order valence-electron chi connectivity index (χ3n) is 2.07. The number of hydrogen-bond donors (Lipinski definition) is 3. The molecular formula is C11H11N3O. The normalized spacial score (nSPS) is 9.87. The van der Waals surface area contributed by atoms with E-state index >= 15 is 0 Å². The van der Waals surface area contributed by atoms with Crippen molar-refractivity contribution in [3.05, 3.63) is 48.3 Å². The molecule has 0 unspecified atom stereocenters. The SMILES string of the molecule is NC(=O)c1ccccc1Nc1cc[nH]c1. The number of para-hydroxylation sites is 1. The molecule has 0 bridgehead atoms.